The molecular formula is C19H20N2OS. The lowest BCUT2D eigenvalue weighted by Gasteiger charge is -2.18. The summed E-state index contributed by atoms with van der Waals surface area (Å²) in [6, 6.07) is 18.3. The highest BCUT2D eigenvalue weighted by Crippen LogP contribution is 2.25. The molecule has 4 heteroatoms. The van der Waals surface area contributed by atoms with Gasteiger partial charge in [-0.1, -0.05) is 36.4 Å². The predicted octanol–water partition coefficient (Wildman–Crippen LogP) is 3.70. The van der Waals surface area contributed by atoms with E-state index in [1.807, 2.05) is 42.3 Å². The maximum Gasteiger partial charge on any atom is 0.239 e. The van der Waals surface area contributed by atoms with Crippen molar-refractivity contribution in [2.24, 2.45) is 0 Å². The number of amides is 1. The normalized spacial score (nSPS) is 10.7. The maximum absolute atomic E-state index is 12.1. The second-order valence-corrected chi connectivity index (χ2v) is 6.46. The number of anilines is 1. The first-order valence-corrected chi connectivity index (χ1v) is 8.60. The number of nitrogens with zero attached hydrogens (tertiary/aromatic N) is 1. The number of thiophene rings is 1. The van der Waals surface area contributed by atoms with Gasteiger partial charge in [-0.3, -0.25) is 4.79 Å². The lowest BCUT2D eigenvalue weighted by molar-refractivity contribution is -0.119. The molecule has 3 rings (SSSR count). The molecule has 0 saturated heterocycles. The van der Waals surface area contributed by atoms with E-state index in [1.54, 1.807) is 11.3 Å². The van der Waals surface area contributed by atoms with Crippen LogP contribution in [0.3, 0.4) is 0 Å². The highest BCUT2D eigenvalue weighted by atomic mass is 32.1. The third-order valence-electron chi connectivity index (χ3n) is 3.86. The van der Waals surface area contributed by atoms with Crippen molar-refractivity contribution in [2.75, 3.05) is 25.0 Å². The van der Waals surface area contributed by atoms with Gasteiger partial charge in [0, 0.05) is 24.0 Å². The molecular weight excluding hydrogens is 304 g/mol. The van der Waals surface area contributed by atoms with Gasteiger partial charge >= 0.3 is 0 Å². The van der Waals surface area contributed by atoms with E-state index in [0.717, 1.165) is 12.1 Å². The van der Waals surface area contributed by atoms with E-state index in [1.165, 1.54) is 15.6 Å². The van der Waals surface area contributed by atoms with E-state index in [2.05, 4.69) is 35.0 Å². The zero-order valence-electron chi connectivity index (χ0n) is 13.2. The summed E-state index contributed by atoms with van der Waals surface area (Å²) in [5.41, 5.74) is 2.36. The molecule has 0 unspecified atom stereocenters. The minimum atomic E-state index is 0.0517. The number of carbonyl (C=O) groups is 1. The lowest BCUT2D eigenvalue weighted by Crippen LogP contribution is -2.36. The van der Waals surface area contributed by atoms with Gasteiger partial charge in [-0.2, -0.15) is 0 Å². The van der Waals surface area contributed by atoms with Crippen LogP contribution in [0.15, 0.2) is 60.0 Å². The van der Waals surface area contributed by atoms with Crippen LogP contribution in [0.25, 0.3) is 10.1 Å². The molecule has 1 amide bonds. The molecule has 0 spiro atoms. The van der Waals surface area contributed by atoms with Crippen molar-refractivity contribution in [3.63, 3.8) is 0 Å². The Hall–Kier alpha value is -2.33. The molecule has 3 nitrogen and oxygen atoms in total. The molecule has 23 heavy (non-hydrogen) atoms. The number of hydrogen-bond acceptors (Lipinski definition) is 3. The summed E-state index contributed by atoms with van der Waals surface area (Å²) in [5, 5.41) is 6.50. The Kier molecular flexibility index (Phi) is 4.93. The van der Waals surface area contributed by atoms with Gasteiger partial charge in [-0.05, 0) is 40.9 Å². The van der Waals surface area contributed by atoms with Crippen molar-refractivity contribution in [1.29, 1.82) is 0 Å². The second-order valence-electron chi connectivity index (χ2n) is 5.55. The molecule has 2 aromatic carbocycles. The fraction of sp³-hybridized carbons (Fsp3) is 0.211. The zero-order chi connectivity index (χ0) is 16.1. The minimum absolute atomic E-state index is 0.0517. The summed E-state index contributed by atoms with van der Waals surface area (Å²) in [6.45, 7) is 1.04. The minimum Gasteiger partial charge on any atom is -0.365 e. The van der Waals surface area contributed by atoms with E-state index in [4.69, 9.17) is 0 Å². The monoisotopic (exact) mass is 324 g/mol. The van der Waals surface area contributed by atoms with Crippen LogP contribution in [0.2, 0.25) is 0 Å². The maximum atomic E-state index is 12.1. The van der Waals surface area contributed by atoms with Crippen LogP contribution >= 0.6 is 11.3 Å². The molecule has 1 aromatic heterocycles. The molecule has 0 aliphatic rings. The number of nitrogens with one attached hydrogen (secondary N) is 1. The van der Waals surface area contributed by atoms with Crippen molar-refractivity contribution in [2.45, 2.75) is 6.42 Å². The molecule has 3 aromatic rings. The van der Waals surface area contributed by atoms with Gasteiger partial charge in [-0.15, -0.1) is 11.3 Å². The third-order valence-corrected chi connectivity index (χ3v) is 4.87. The molecule has 1 heterocycles. The fourth-order valence-corrected chi connectivity index (χ4v) is 3.61. The summed E-state index contributed by atoms with van der Waals surface area (Å²) >= 11 is 1.76. The smallest absolute Gasteiger partial charge is 0.239 e. The van der Waals surface area contributed by atoms with Gasteiger partial charge < -0.3 is 10.2 Å². The van der Waals surface area contributed by atoms with Gasteiger partial charge in [0.25, 0.3) is 0 Å². The van der Waals surface area contributed by atoms with Gasteiger partial charge in [-0.25, -0.2) is 0 Å². The largest absolute Gasteiger partial charge is 0.365 e. The quantitative estimate of drug-likeness (QED) is 0.750. The molecule has 0 saturated carbocycles. The molecule has 0 bridgehead atoms. The summed E-state index contributed by atoms with van der Waals surface area (Å²) in [5.74, 6) is 0.0517. The van der Waals surface area contributed by atoms with Gasteiger partial charge in [0.1, 0.15) is 0 Å². The number of hydrogen-bond donors (Lipinski definition) is 1. The van der Waals surface area contributed by atoms with Crippen LogP contribution in [0, 0.1) is 0 Å². The summed E-state index contributed by atoms with van der Waals surface area (Å²) in [6.07, 6.45) is 0.866. The van der Waals surface area contributed by atoms with E-state index in [9.17, 15) is 4.79 Å². The Morgan fingerprint density at radius 1 is 1.09 bits per heavy atom. The lowest BCUT2D eigenvalue weighted by atomic mass is 10.1. The van der Waals surface area contributed by atoms with Gasteiger partial charge in [0.05, 0.1) is 6.54 Å². The molecule has 0 aliphatic heterocycles. The van der Waals surface area contributed by atoms with Crippen LogP contribution in [0.4, 0.5) is 5.69 Å². The molecule has 0 atom stereocenters. The van der Waals surface area contributed by atoms with E-state index in [0.29, 0.717) is 13.1 Å². The fourth-order valence-electron chi connectivity index (χ4n) is 2.61. The molecule has 0 aliphatic carbocycles. The van der Waals surface area contributed by atoms with Crippen molar-refractivity contribution in [1.82, 2.24) is 5.32 Å². The third kappa shape index (κ3) is 3.90. The Labute approximate surface area is 140 Å². The number of fused-ring (bicyclic) bond motifs is 1. The van der Waals surface area contributed by atoms with E-state index in [-0.39, 0.29) is 5.91 Å². The SMILES string of the molecule is CN(CC(=O)NCCc1csc2ccccc12)c1ccccc1. The topological polar surface area (TPSA) is 32.3 Å². The Balaban J connectivity index is 1.50. The predicted molar refractivity (Wildman–Crippen MR) is 98.3 cm³/mol. The van der Waals surface area contributed by atoms with E-state index >= 15 is 0 Å². The van der Waals surface area contributed by atoms with E-state index < -0.39 is 0 Å². The van der Waals surface area contributed by atoms with Crippen molar-refractivity contribution < 1.29 is 4.79 Å². The zero-order valence-corrected chi connectivity index (χ0v) is 14.0. The summed E-state index contributed by atoms with van der Waals surface area (Å²) in [4.78, 5) is 14.0. The highest BCUT2D eigenvalue weighted by Gasteiger charge is 2.08. The average Bonchev–Trinajstić information content (AvgIpc) is 2.99. The first-order chi connectivity index (χ1) is 11.2. The van der Waals surface area contributed by atoms with Crippen LogP contribution in [-0.2, 0) is 11.2 Å². The number of benzene rings is 2. The Bertz CT molecular complexity index is 782. The summed E-state index contributed by atoms with van der Waals surface area (Å²) < 4.78 is 1.30. The average molecular weight is 324 g/mol. The Morgan fingerprint density at radius 2 is 1.83 bits per heavy atom. The Morgan fingerprint density at radius 3 is 2.65 bits per heavy atom. The molecule has 1 N–H and O–H groups in total. The molecule has 118 valence electrons. The highest BCUT2D eigenvalue weighted by molar-refractivity contribution is 7.17. The van der Waals surface area contributed by atoms with Crippen molar-refractivity contribution >= 4 is 33.0 Å². The number of likely N-dealkylation sites (N-methyl/N-ethyl adjacent to an activating group) is 1. The number of para-hydroxylation sites is 1. The van der Waals surface area contributed by atoms with Gasteiger partial charge in [0.2, 0.25) is 5.91 Å². The molecule has 0 radical (unpaired) electrons. The second kappa shape index (κ2) is 7.29. The van der Waals surface area contributed by atoms with Crippen LogP contribution < -0.4 is 10.2 Å². The van der Waals surface area contributed by atoms with Crippen molar-refractivity contribution in [3.05, 3.63) is 65.5 Å². The summed E-state index contributed by atoms with van der Waals surface area (Å²) in [7, 11) is 1.93. The number of rotatable bonds is 6. The number of carbonyl (C=O) groups excluding carboxylic acids is 1. The van der Waals surface area contributed by atoms with Crippen LogP contribution in [0.1, 0.15) is 5.56 Å². The first kappa shape index (κ1) is 15.6. The standard InChI is InChI=1S/C19H20N2OS/c1-21(16-7-3-2-4-8-16)13-19(22)20-12-11-15-14-23-18-10-6-5-9-17(15)18/h2-10,14H,11-13H2,1H3,(H,20,22). The van der Waals surface area contributed by atoms with Crippen LogP contribution in [-0.4, -0.2) is 26.0 Å². The van der Waals surface area contributed by atoms with Crippen molar-refractivity contribution in [3.8, 4) is 0 Å². The molecule has 0 fully saturated rings. The van der Waals surface area contributed by atoms with Gasteiger partial charge in [0.15, 0.2) is 0 Å². The van der Waals surface area contributed by atoms with Crippen LogP contribution in [0.5, 0.6) is 0 Å². The first-order valence-electron chi connectivity index (χ1n) is 7.72.